The maximum absolute atomic E-state index is 12.2. The first-order chi connectivity index (χ1) is 9.20. The summed E-state index contributed by atoms with van der Waals surface area (Å²) in [4.78, 5) is 10.8. The fourth-order valence-electron chi connectivity index (χ4n) is 2.48. The number of carbonyl (C=O) groups is 1. The van der Waals surface area contributed by atoms with E-state index in [9.17, 15) is 21.6 Å². The summed E-state index contributed by atoms with van der Waals surface area (Å²) in [7, 11) is -6.77. The van der Waals surface area contributed by atoms with E-state index in [-0.39, 0.29) is 36.7 Å². The van der Waals surface area contributed by atoms with Gasteiger partial charge in [-0.2, -0.15) is 0 Å². The Balaban J connectivity index is 2.00. The molecule has 1 atom stereocenters. The van der Waals surface area contributed by atoms with Crippen LogP contribution in [0.4, 0.5) is 0 Å². The normalized spacial score (nSPS) is 25.2. The fraction of sp³-hybridized carbons (Fsp3) is 0.909. The summed E-state index contributed by atoms with van der Waals surface area (Å²) in [5.74, 6) is -1.18. The summed E-state index contributed by atoms with van der Waals surface area (Å²) in [6.07, 6.45) is 1.61. The zero-order chi connectivity index (χ0) is 15.0. The van der Waals surface area contributed by atoms with Crippen LogP contribution in [-0.2, 0) is 24.7 Å². The van der Waals surface area contributed by atoms with Crippen LogP contribution in [-0.4, -0.2) is 50.7 Å². The van der Waals surface area contributed by atoms with Crippen LogP contribution in [0.25, 0.3) is 0 Å². The summed E-state index contributed by atoms with van der Waals surface area (Å²) in [6, 6.07) is -0.573. The summed E-state index contributed by atoms with van der Waals surface area (Å²) in [6.45, 7) is 0. The van der Waals surface area contributed by atoms with Crippen molar-refractivity contribution in [1.29, 1.82) is 0 Å². The van der Waals surface area contributed by atoms with Crippen molar-refractivity contribution in [3.63, 3.8) is 0 Å². The molecule has 116 valence electrons. The Morgan fingerprint density at radius 2 is 1.75 bits per heavy atom. The van der Waals surface area contributed by atoms with Crippen molar-refractivity contribution >= 4 is 25.8 Å². The minimum Gasteiger partial charge on any atom is -0.481 e. The molecular formula is C11H19NO6S2. The molecular weight excluding hydrogens is 306 g/mol. The van der Waals surface area contributed by atoms with Gasteiger partial charge in [-0.15, -0.1) is 0 Å². The number of aliphatic carboxylic acids is 1. The van der Waals surface area contributed by atoms with E-state index in [1.807, 2.05) is 0 Å². The van der Waals surface area contributed by atoms with Gasteiger partial charge in [0.2, 0.25) is 10.0 Å². The van der Waals surface area contributed by atoms with Crippen LogP contribution in [0.5, 0.6) is 0 Å². The van der Waals surface area contributed by atoms with E-state index in [1.165, 1.54) is 0 Å². The number of sulfone groups is 1. The largest absolute Gasteiger partial charge is 0.481 e. The molecule has 2 rings (SSSR count). The lowest BCUT2D eigenvalue weighted by Gasteiger charge is -2.25. The monoisotopic (exact) mass is 325 g/mol. The molecule has 0 aromatic rings. The van der Waals surface area contributed by atoms with Gasteiger partial charge in [0.15, 0.2) is 0 Å². The molecule has 7 nitrogen and oxygen atoms in total. The third kappa shape index (κ3) is 4.16. The third-order valence-electron chi connectivity index (χ3n) is 3.84. The van der Waals surface area contributed by atoms with Crippen molar-refractivity contribution in [1.82, 2.24) is 4.72 Å². The average molecular weight is 325 g/mol. The maximum Gasteiger partial charge on any atom is 0.304 e. The summed E-state index contributed by atoms with van der Waals surface area (Å²) in [5, 5.41) is 8.09. The first-order valence-electron chi connectivity index (χ1n) is 6.63. The van der Waals surface area contributed by atoms with Gasteiger partial charge in [0, 0.05) is 6.04 Å². The molecule has 20 heavy (non-hydrogen) atoms. The van der Waals surface area contributed by atoms with E-state index >= 15 is 0 Å². The fourth-order valence-corrected chi connectivity index (χ4v) is 6.01. The molecule has 0 amide bonds. The predicted molar refractivity (Wildman–Crippen MR) is 72.5 cm³/mol. The second-order valence-corrected chi connectivity index (χ2v) is 9.85. The molecule has 1 heterocycles. The number of sulfonamides is 1. The molecule has 1 aliphatic heterocycles. The van der Waals surface area contributed by atoms with E-state index in [1.54, 1.807) is 0 Å². The van der Waals surface area contributed by atoms with Crippen molar-refractivity contribution in [3.05, 3.63) is 0 Å². The molecule has 0 aromatic carbocycles. The highest BCUT2D eigenvalue weighted by molar-refractivity contribution is 7.92. The Morgan fingerprint density at radius 3 is 2.20 bits per heavy atom. The van der Waals surface area contributed by atoms with Gasteiger partial charge in [0.1, 0.15) is 9.84 Å². The number of hydrogen-bond donors (Lipinski definition) is 2. The molecule has 9 heteroatoms. The molecule has 1 aliphatic carbocycles. The van der Waals surface area contributed by atoms with E-state index in [4.69, 9.17) is 5.11 Å². The Morgan fingerprint density at radius 1 is 1.20 bits per heavy atom. The first-order valence-corrected chi connectivity index (χ1v) is 10.00. The van der Waals surface area contributed by atoms with Crippen LogP contribution >= 0.6 is 0 Å². The SMILES string of the molecule is O=C(O)CC(NS(=O)(=O)C1CCS(=O)(=O)CC1)C1CC1. The van der Waals surface area contributed by atoms with Gasteiger partial charge in [0.25, 0.3) is 0 Å². The maximum atomic E-state index is 12.2. The topological polar surface area (TPSA) is 118 Å². The molecule has 0 aromatic heterocycles. The van der Waals surface area contributed by atoms with Crippen LogP contribution in [0, 0.1) is 5.92 Å². The van der Waals surface area contributed by atoms with E-state index in [0.29, 0.717) is 0 Å². The van der Waals surface area contributed by atoms with Gasteiger partial charge in [-0.1, -0.05) is 0 Å². The minimum atomic E-state index is -3.66. The number of nitrogens with one attached hydrogen (secondary N) is 1. The van der Waals surface area contributed by atoms with Gasteiger partial charge < -0.3 is 5.11 Å². The highest BCUT2D eigenvalue weighted by Crippen LogP contribution is 2.35. The van der Waals surface area contributed by atoms with Gasteiger partial charge in [-0.25, -0.2) is 21.6 Å². The standard InChI is InChI=1S/C11H19NO6S2/c13-11(14)7-10(8-1-2-8)12-20(17,18)9-3-5-19(15,16)6-4-9/h8-10,12H,1-7H2,(H,13,14). The van der Waals surface area contributed by atoms with Gasteiger partial charge in [-0.05, 0) is 31.6 Å². The van der Waals surface area contributed by atoms with Crippen LogP contribution in [0.3, 0.4) is 0 Å². The number of carboxylic acids is 1. The first kappa shape index (κ1) is 15.7. The van der Waals surface area contributed by atoms with Crippen LogP contribution < -0.4 is 4.72 Å². The second kappa shape index (κ2) is 5.61. The molecule has 2 aliphatic rings. The van der Waals surface area contributed by atoms with Gasteiger partial charge >= 0.3 is 5.97 Å². The molecule has 2 fully saturated rings. The second-order valence-electron chi connectivity index (χ2n) is 5.56. The highest BCUT2D eigenvalue weighted by atomic mass is 32.2. The van der Waals surface area contributed by atoms with Crippen LogP contribution in [0.1, 0.15) is 32.1 Å². The summed E-state index contributed by atoms with van der Waals surface area (Å²) in [5.41, 5.74) is 0. The Kier molecular flexibility index (Phi) is 4.41. The van der Waals surface area contributed by atoms with Crippen LogP contribution in [0.2, 0.25) is 0 Å². The summed E-state index contributed by atoms with van der Waals surface area (Å²) < 4.78 is 49.6. The lowest BCUT2D eigenvalue weighted by molar-refractivity contribution is -0.137. The zero-order valence-electron chi connectivity index (χ0n) is 11.0. The van der Waals surface area contributed by atoms with E-state index in [2.05, 4.69) is 4.72 Å². The number of hydrogen-bond acceptors (Lipinski definition) is 5. The van der Waals surface area contributed by atoms with Crippen molar-refractivity contribution in [2.45, 2.75) is 43.4 Å². The van der Waals surface area contributed by atoms with E-state index in [0.717, 1.165) is 12.8 Å². The lowest BCUT2D eigenvalue weighted by Crippen LogP contribution is -2.45. The van der Waals surface area contributed by atoms with Crippen molar-refractivity contribution in [2.75, 3.05) is 11.5 Å². The van der Waals surface area contributed by atoms with Crippen LogP contribution in [0.15, 0.2) is 0 Å². The molecule has 1 saturated heterocycles. The quantitative estimate of drug-likeness (QED) is 0.694. The lowest BCUT2D eigenvalue weighted by atomic mass is 10.1. The van der Waals surface area contributed by atoms with E-state index < -0.39 is 37.1 Å². The van der Waals surface area contributed by atoms with Crippen molar-refractivity contribution in [2.24, 2.45) is 5.92 Å². The molecule has 2 N–H and O–H groups in total. The zero-order valence-corrected chi connectivity index (χ0v) is 12.6. The molecule has 1 saturated carbocycles. The Labute approximate surface area is 118 Å². The predicted octanol–water partition coefficient (Wildman–Crippen LogP) is -0.264. The number of rotatable bonds is 6. The number of carboxylic acid groups (broad SMARTS) is 1. The summed E-state index contributed by atoms with van der Waals surface area (Å²) >= 11 is 0. The molecule has 1 unspecified atom stereocenters. The minimum absolute atomic E-state index is 0.0854. The van der Waals surface area contributed by atoms with Crippen molar-refractivity contribution < 1.29 is 26.7 Å². The Hall–Kier alpha value is -0.670. The molecule has 0 radical (unpaired) electrons. The highest BCUT2D eigenvalue weighted by Gasteiger charge is 2.39. The smallest absolute Gasteiger partial charge is 0.304 e. The van der Waals surface area contributed by atoms with Gasteiger partial charge in [-0.3, -0.25) is 4.79 Å². The Bertz CT molecular complexity index is 564. The molecule has 0 spiro atoms. The van der Waals surface area contributed by atoms with Crippen molar-refractivity contribution in [3.8, 4) is 0 Å². The van der Waals surface area contributed by atoms with Gasteiger partial charge in [0.05, 0.1) is 23.2 Å². The average Bonchev–Trinajstić information content (AvgIpc) is 3.10. The third-order valence-corrected chi connectivity index (χ3v) is 7.54. The molecule has 0 bridgehead atoms.